The van der Waals surface area contributed by atoms with Crippen LogP contribution in [0.25, 0.3) is 0 Å². The largest absolute Gasteiger partial charge is 0.365 e. The van der Waals surface area contributed by atoms with Crippen molar-refractivity contribution in [2.24, 2.45) is 22.6 Å². The van der Waals surface area contributed by atoms with Crippen LogP contribution < -0.4 is 5.73 Å². The zero-order valence-corrected chi connectivity index (χ0v) is 13.2. The Hall–Kier alpha value is -1.12. The molecular weight excluding hydrogens is 236 g/mol. The Morgan fingerprint density at radius 3 is 2.32 bits per heavy atom. The second-order valence-electron chi connectivity index (χ2n) is 5.62. The van der Waals surface area contributed by atoms with Gasteiger partial charge in [0.15, 0.2) is 0 Å². The normalized spacial score (nSPS) is 14.8. The number of rotatable bonds is 9. The number of nitrogens with zero attached hydrogens (tertiary/aromatic N) is 1. The van der Waals surface area contributed by atoms with E-state index >= 15 is 0 Å². The average molecular weight is 266 g/mol. The summed E-state index contributed by atoms with van der Waals surface area (Å²) < 4.78 is 0. The van der Waals surface area contributed by atoms with E-state index in [1.807, 2.05) is 13.1 Å². The van der Waals surface area contributed by atoms with Gasteiger partial charge in [0.2, 0.25) is 0 Å². The van der Waals surface area contributed by atoms with E-state index in [0.717, 1.165) is 24.7 Å². The van der Waals surface area contributed by atoms with Crippen molar-refractivity contribution in [1.29, 1.82) is 0 Å². The molecule has 0 aromatic heterocycles. The fraction of sp³-hybridized carbons (Fsp3) is 0.750. The standard InChI is InChI=1S/C16H30N2O/c1-6-8-15(16(17)19)18-11-13(5)9-10-14(7-2)12(3)4/h11-12,14H,6-10H2,1-5H3,(H2,17,19)/b13-11+,18-15+. The monoisotopic (exact) mass is 266 g/mol. The third kappa shape index (κ3) is 7.81. The molecule has 0 rings (SSSR count). The van der Waals surface area contributed by atoms with Gasteiger partial charge in [-0.3, -0.25) is 9.79 Å². The Balaban J connectivity index is 4.47. The van der Waals surface area contributed by atoms with Crippen LogP contribution in [0.2, 0.25) is 0 Å². The van der Waals surface area contributed by atoms with Crippen LogP contribution in [0, 0.1) is 11.8 Å². The van der Waals surface area contributed by atoms with Crippen molar-refractivity contribution in [3.63, 3.8) is 0 Å². The van der Waals surface area contributed by atoms with E-state index < -0.39 is 5.91 Å². The highest BCUT2D eigenvalue weighted by Gasteiger charge is 2.10. The van der Waals surface area contributed by atoms with Crippen LogP contribution in [0.5, 0.6) is 0 Å². The summed E-state index contributed by atoms with van der Waals surface area (Å²) in [6.45, 7) is 10.9. The quantitative estimate of drug-likeness (QED) is 0.628. The number of nitrogens with two attached hydrogens (primary N) is 1. The lowest BCUT2D eigenvalue weighted by Gasteiger charge is -2.18. The molecule has 1 amide bonds. The summed E-state index contributed by atoms with van der Waals surface area (Å²) in [7, 11) is 0. The SMILES string of the molecule is CCC/C(=N\C=C(/C)CCC(CC)C(C)C)C(N)=O. The molecule has 0 spiro atoms. The van der Waals surface area contributed by atoms with Gasteiger partial charge in [0.25, 0.3) is 5.91 Å². The topological polar surface area (TPSA) is 55.4 Å². The maximum atomic E-state index is 11.2. The minimum atomic E-state index is -0.403. The highest BCUT2D eigenvalue weighted by molar-refractivity contribution is 6.38. The van der Waals surface area contributed by atoms with Crippen LogP contribution in [0.1, 0.15) is 66.7 Å². The van der Waals surface area contributed by atoms with E-state index in [2.05, 4.69) is 32.7 Å². The third-order valence-electron chi connectivity index (χ3n) is 3.59. The van der Waals surface area contributed by atoms with Crippen molar-refractivity contribution in [1.82, 2.24) is 0 Å². The molecule has 0 saturated carbocycles. The van der Waals surface area contributed by atoms with E-state index in [0.29, 0.717) is 12.1 Å². The Kier molecular flexibility index (Phi) is 9.19. The van der Waals surface area contributed by atoms with Crippen molar-refractivity contribution in [2.45, 2.75) is 66.7 Å². The summed E-state index contributed by atoms with van der Waals surface area (Å²) in [5.41, 5.74) is 6.99. The predicted octanol–water partition coefficient (Wildman–Crippen LogP) is 4.08. The molecule has 3 heteroatoms. The van der Waals surface area contributed by atoms with Crippen LogP contribution in [-0.2, 0) is 4.79 Å². The first-order chi connectivity index (χ1) is 8.92. The first-order valence-electron chi connectivity index (χ1n) is 7.44. The Morgan fingerprint density at radius 2 is 1.89 bits per heavy atom. The highest BCUT2D eigenvalue weighted by Crippen LogP contribution is 2.22. The number of carbonyl (C=O) groups excluding carboxylic acids is 1. The molecule has 0 bridgehead atoms. The van der Waals surface area contributed by atoms with E-state index in [9.17, 15) is 4.79 Å². The molecule has 0 radical (unpaired) electrons. The summed E-state index contributed by atoms with van der Waals surface area (Å²) in [6, 6.07) is 0. The molecule has 0 heterocycles. The first kappa shape index (κ1) is 17.9. The van der Waals surface area contributed by atoms with Gasteiger partial charge in [-0.2, -0.15) is 0 Å². The highest BCUT2D eigenvalue weighted by atomic mass is 16.1. The van der Waals surface area contributed by atoms with Gasteiger partial charge in [-0.05, 0) is 38.0 Å². The molecule has 0 aliphatic heterocycles. The van der Waals surface area contributed by atoms with Crippen molar-refractivity contribution in [3.05, 3.63) is 11.8 Å². The van der Waals surface area contributed by atoms with Gasteiger partial charge in [-0.25, -0.2) is 0 Å². The molecule has 0 aromatic carbocycles. The summed E-state index contributed by atoms with van der Waals surface area (Å²) >= 11 is 0. The predicted molar refractivity (Wildman–Crippen MR) is 83.1 cm³/mol. The smallest absolute Gasteiger partial charge is 0.263 e. The molecule has 0 aromatic rings. The van der Waals surface area contributed by atoms with E-state index in [1.165, 1.54) is 18.4 Å². The van der Waals surface area contributed by atoms with Crippen LogP contribution in [0.4, 0.5) is 0 Å². The molecular formula is C16H30N2O. The second-order valence-corrected chi connectivity index (χ2v) is 5.62. The van der Waals surface area contributed by atoms with Crippen LogP contribution in [-0.4, -0.2) is 11.6 Å². The minimum Gasteiger partial charge on any atom is -0.365 e. The molecule has 0 aliphatic carbocycles. The number of hydrogen-bond acceptors (Lipinski definition) is 2. The maximum absolute atomic E-state index is 11.2. The Bertz CT molecular complexity index is 330. The minimum absolute atomic E-state index is 0.403. The van der Waals surface area contributed by atoms with Crippen molar-refractivity contribution >= 4 is 11.6 Å². The fourth-order valence-electron chi connectivity index (χ4n) is 2.16. The van der Waals surface area contributed by atoms with Gasteiger partial charge in [-0.15, -0.1) is 0 Å². The summed E-state index contributed by atoms with van der Waals surface area (Å²) in [4.78, 5) is 15.4. The van der Waals surface area contributed by atoms with Gasteiger partial charge in [0, 0.05) is 6.20 Å². The van der Waals surface area contributed by atoms with Gasteiger partial charge < -0.3 is 5.73 Å². The summed E-state index contributed by atoms with van der Waals surface area (Å²) in [5.74, 6) is 1.08. The van der Waals surface area contributed by atoms with Crippen molar-refractivity contribution < 1.29 is 4.79 Å². The number of aliphatic imine (C=N–C) groups is 1. The molecule has 19 heavy (non-hydrogen) atoms. The maximum Gasteiger partial charge on any atom is 0.263 e. The summed E-state index contributed by atoms with van der Waals surface area (Å²) in [5, 5.41) is 0. The molecule has 1 unspecified atom stereocenters. The van der Waals surface area contributed by atoms with E-state index in [1.54, 1.807) is 0 Å². The van der Waals surface area contributed by atoms with E-state index in [4.69, 9.17) is 5.73 Å². The number of hydrogen-bond donors (Lipinski definition) is 1. The lowest BCUT2D eigenvalue weighted by molar-refractivity contribution is -0.112. The Labute approximate surface area is 118 Å². The second kappa shape index (κ2) is 9.76. The van der Waals surface area contributed by atoms with E-state index in [-0.39, 0.29) is 0 Å². The molecule has 0 aliphatic rings. The number of allylic oxidation sites excluding steroid dienone is 1. The van der Waals surface area contributed by atoms with Crippen LogP contribution in [0.3, 0.4) is 0 Å². The van der Waals surface area contributed by atoms with Gasteiger partial charge in [0.05, 0.1) is 0 Å². The summed E-state index contributed by atoms with van der Waals surface area (Å²) in [6.07, 6.45) is 6.80. The molecule has 3 nitrogen and oxygen atoms in total. The zero-order valence-electron chi connectivity index (χ0n) is 13.2. The van der Waals surface area contributed by atoms with Crippen LogP contribution in [0.15, 0.2) is 16.8 Å². The molecule has 0 saturated heterocycles. The van der Waals surface area contributed by atoms with Crippen molar-refractivity contribution in [3.8, 4) is 0 Å². The average Bonchev–Trinajstić information content (AvgIpc) is 2.34. The molecule has 1 atom stereocenters. The molecule has 0 fully saturated rings. The van der Waals surface area contributed by atoms with Gasteiger partial charge >= 0.3 is 0 Å². The number of amides is 1. The number of carbonyl (C=O) groups is 1. The molecule has 110 valence electrons. The number of primary amides is 1. The van der Waals surface area contributed by atoms with Gasteiger partial charge in [-0.1, -0.05) is 46.1 Å². The van der Waals surface area contributed by atoms with Crippen molar-refractivity contribution in [2.75, 3.05) is 0 Å². The zero-order chi connectivity index (χ0) is 14.8. The Morgan fingerprint density at radius 1 is 1.26 bits per heavy atom. The third-order valence-corrected chi connectivity index (χ3v) is 3.59. The lowest BCUT2D eigenvalue weighted by Crippen LogP contribution is -2.22. The lowest BCUT2D eigenvalue weighted by atomic mass is 9.88. The van der Waals surface area contributed by atoms with Gasteiger partial charge in [0.1, 0.15) is 5.71 Å². The van der Waals surface area contributed by atoms with Crippen LogP contribution >= 0.6 is 0 Å². The fourth-order valence-corrected chi connectivity index (χ4v) is 2.16. The first-order valence-corrected chi connectivity index (χ1v) is 7.44. The molecule has 2 N–H and O–H groups in total.